The first-order valence-corrected chi connectivity index (χ1v) is 6.51. The van der Waals surface area contributed by atoms with Gasteiger partial charge in [0.05, 0.1) is 11.6 Å². The third-order valence-electron chi connectivity index (χ3n) is 2.82. The lowest BCUT2D eigenvalue weighted by Gasteiger charge is -2.02. The van der Waals surface area contributed by atoms with Crippen LogP contribution in [0.4, 0.5) is 10.9 Å². The molecule has 9 heteroatoms. The molecule has 0 aliphatic carbocycles. The normalized spacial score (nSPS) is 10.4. The molecule has 0 saturated heterocycles. The minimum Gasteiger partial charge on any atom is -0.478 e. The first kappa shape index (κ1) is 14.7. The second-order valence-corrected chi connectivity index (χ2v) is 5.37. The van der Waals surface area contributed by atoms with Crippen LogP contribution in [0.25, 0.3) is 0 Å². The zero-order valence-electron chi connectivity index (χ0n) is 11.0. The Bertz CT molecular complexity index is 745. The Morgan fingerprint density at radius 3 is 2.57 bits per heavy atom. The van der Waals surface area contributed by atoms with E-state index in [1.54, 1.807) is 13.8 Å². The van der Waals surface area contributed by atoms with Crippen molar-refractivity contribution in [1.29, 1.82) is 0 Å². The molecule has 2 N–H and O–H groups in total. The van der Waals surface area contributed by atoms with Gasteiger partial charge in [-0.2, -0.15) is 0 Å². The molecule has 0 aliphatic rings. The number of thiophene rings is 1. The van der Waals surface area contributed by atoms with E-state index in [1.807, 2.05) is 0 Å². The number of amides is 1. The topological polar surface area (TPSA) is 123 Å². The highest BCUT2D eigenvalue weighted by Gasteiger charge is 2.23. The molecule has 0 unspecified atom stereocenters. The lowest BCUT2D eigenvalue weighted by atomic mass is 10.1. The molecule has 2 heterocycles. The minimum atomic E-state index is -1.16. The molecule has 0 spiro atoms. The van der Waals surface area contributed by atoms with E-state index in [-0.39, 0.29) is 16.3 Å². The van der Waals surface area contributed by atoms with Gasteiger partial charge in [0, 0.05) is 4.88 Å². The molecule has 0 radical (unpaired) electrons. The molecule has 0 bridgehead atoms. The van der Waals surface area contributed by atoms with Crippen LogP contribution >= 0.6 is 11.3 Å². The van der Waals surface area contributed by atoms with Crippen molar-refractivity contribution in [3.05, 3.63) is 44.0 Å². The number of carboxylic acid groups (broad SMARTS) is 1. The fourth-order valence-corrected chi connectivity index (χ4v) is 2.73. The van der Waals surface area contributed by atoms with Gasteiger partial charge in [-0.25, -0.2) is 4.79 Å². The van der Waals surface area contributed by atoms with Gasteiger partial charge in [0.15, 0.2) is 5.76 Å². The highest BCUT2D eigenvalue weighted by Crippen LogP contribution is 2.32. The van der Waals surface area contributed by atoms with Crippen LogP contribution in [0.1, 0.15) is 31.4 Å². The van der Waals surface area contributed by atoms with E-state index in [1.165, 1.54) is 0 Å². The van der Waals surface area contributed by atoms with Crippen molar-refractivity contribution in [3.8, 4) is 0 Å². The molecular weight excluding hydrogens is 300 g/mol. The molecule has 2 aromatic heterocycles. The summed E-state index contributed by atoms with van der Waals surface area (Å²) < 4.78 is 4.76. The van der Waals surface area contributed by atoms with Crippen molar-refractivity contribution in [2.45, 2.75) is 13.8 Å². The van der Waals surface area contributed by atoms with E-state index >= 15 is 0 Å². The average Bonchev–Trinajstić information content (AvgIpc) is 2.96. The predicted octanol–water partition coefficient (Wildman–Crippen LogP) is 2.82. The third-order valence-corrected chi connectivity index (χ3v) is 3.94. The molecule has 0 atom stereocenters. The molecule has 110 valence electrons. The van der Waals surface area contributed by atoms with Crippen molar-refractivity contribution in [1.82, 2.24) is 0 Å². The largest absolute Gasteiger partial charge is 0.478 e. The van der Waals surface area contributed by atoms with Gasteiger partial charge in [-0.15, -0.1) is 11.3 Å². The van der Waals surface area contributed by atoms with Crippen LogP contribution in [-0.2, 0) is 0 Å². The summed E-state index contributed by atoms with van der Waals surface area (Å²) in [6.07, 6.45) is 0. The molecule has 21 heavy (non-hydrogen) atoms. The number of rotatable bonds is 4. The van der Waals surface area contributed by atoms with Crippen molar-refractivity contribution < 1.29 is 24.0 Å². The Morgan fingerprint density at radius 1 is 1.38 bits per heavy atom. The number of carbonyl (C=O) groups is 2. The van der Waals surface area contributed by atoms with E-state index in [9.17, 15) is 19.7 Å². The number of aromatic carboxylic acids is 1. The molecule has 1 amide bonds. The standard InChI is InChI=1S/C12H10N2O6S/c1-5-6(2)21-11(9(5)12(16)17)13-10(15)7-3-4-8(20-7)14(18)19/h3-4H,1-2H3,(H,13,15)(H,16,17). The van der Waals surface area contributed by atoms with Crippen LogP contribution in [0.5, 0.6) is 0 Å². The number of anilines is 1. The number of carboxylic acids is 1. The smallest absolute Gasteiger partial charge is 0.433 e. The fraction of sp³-hybridized carbons (Fsp3) is 0.167. The Kier molecular flexibility index (Phi) is 3.76. The summed E-state index contributed by atoms with van der Waals surface area (Å²) in [6, 6.07) is 2.21. The van der Waals surface area contributed by atoms with E-state index < -0.39 is 22.7 Å². The number of hydrogen-bond acceptors (Lipinski definition) is 6. The molecule has 2 rings (SSSR count). The van der Waals surface area contributed by atoms with Crippen molar-refractivity contribution in [2.24, 2.45) is 0 Å². The lowest BCUT2D eigenvalue weighted by Crippen LogP contribution is -2.12. The fourth-order valence-electron chi connectivity index (χ4n) is 1.69. The molecule has 8 nitrogen and oxygen atoms in total. The van der Waals surface area contributed by atoms with Crippen LogP contribution in [-0.4, -0.2) is 21.9 Å². The summed E-state index contributed by atoms with van der Waals surface area (Å²) in [4.78, 5) is 33.6. The summed E-state index contributed by atoms with van der Waals surface area (Å²) in [6.45, 7) is 3.38. The SMILES string of the molecule is Cc1sc(NC(=O)c2ccc([N+](=O)[O-])o2)c(C(=O)O)c1C. The van der Waals surface area contributed by atoms with Gasteiger partial charge in [-0.1, -0.05) is 0 Å². The van der Waals surface area contributed by atoms with Crippen LogP contribution in [0, 0.1) is 24.0 Å². The highest BCUT2D eigenvalue weighted by atomic mass is 32.1. The van der Waals surface area contributed by atoms with E-state index in [2.05, 4.69) is 5.32 Å². The van der Waals surface area contributed by atoms with E-state index in [0.717, 1.165) is 28.3 Å². The summed E-state index contributed by atoms with van der Waals surface area (Å²) in [7, 11) is 0. The zero-order chi connectivity index (χ0) is 15.7. The number of carbonyl (C=O) groups excluding carboxylic acids is 1. The second kappa shape index (κ2) is 5.37. The Morgan fingerprint density at radius 2 is 2.05 bits per heavy atom. The highest BCUT2D eigenvalue weighted by molar-refractivity contribution is 7.16. The third kappa shape index (κ3) is 2.77. The van der Waals surface area contributed by atoms with Crippen molar-refractivity contribution in [3.63, 3.8) is 0 Å². The summed E-state index contributed by atoms with van der Waals surface area (Å²) in [5.74, 6) is -2.72. The number of nitro groups is 1. The average molecular weight is 310 g/mol. The quantitative estimate of drug-likeness (QED) is 0.661. The van der Waals surface area contributed by atoms with Crippen molar-refractivity contribution >= 4 is 34.1 Å². The monoisotopic (exact) mass is 310 g/mol. The first-order valence-electron chi connectivity index (χ1n) is 5.70. The molecule has 0 aliphatic heterocycles. The summed E-state index contributed by atoms with van der Waals surface area (Å²) >= 11 is 1.12. The number of aryl methyl sites for hydroxylation is 1. The number of nitrogens with one attached hydrogen (secondary N) is 1. The maximum Gasteiger partial charge on any atom is 0.433 e. The van der Waals surface area contributed by atoms with Crippen molar-refractivity contribution in [2.75, 3.05) is 5.32 Å². The van der Waals surface area contributed by atoms with Gasteiger partial charge in [-0.3, -0.25) is 14.9 Å². The van der Waals surface area contributed by atoms with Gasteiger partial charge in [0.25, 0.3) is 5.91 Å². The Balaban J connectivity index is 2.29. The predicted molar refractivity (Wildman–Crippen MR) is 74.1 cm³/mol. The van der Waals surface area contributed by atoms with Gasteiger partial charge in [-0.05, 0) is 25.5 Å². The number of furan rings is 1. The maximum atomic E-state index is 11.9. The van der Waals surface area contributed by atoms with Crippen LogP contribution in [0.2, 0.25) is 0 Å². The lowest BCUT2D eigenvalue weighted by molar-refractivity contribution is -0.402. The maximum absolute atomic E-state index is 11.9. The second-order valence-electron chi connectivity index (χ2n) is 4.14. The Labute approximate surface area is 122 Å². The van der Waals surface area contributed by atoms with Gasteiger partial charge in [0.1, 0.15) is 9.92 Å². The molecule has 0 saturated carbocycles. The minimum absolute atomic E-state index is 0.00639. The first-order chi connectivity index (χ1) is 9.81. The van der Waals surface area contributed by atoms with Crippen LogP contribution in [0.15, 0.2) is 16.5 Å². The van der Waals surface area contributed by atoms with Crippen LogP contribution in [0.3, 0.4) is 0 Å². The van der Waals surface area contributed by atoms with Gasteiger partial charge < -0.3 is 14.8 Å². The van der Waals surface area contributed by atoms with Gasteiger partial charge in [0.2, 0.25) is 0 Å². The molecule has 0 aromatic carbocycles. The zero-order valence-corrected chi connectivity index (χ0v) is 11.8. The number of nitrogens with zero attached hydrogens (tertiary/aromatic N) is 1. The number of hydrogen-bond donors (Lipinski definition) is 2. The molecule has 2 aromatic rings. The summed E-state index contributed by atoms with van der Waals surface area (Å²) in [5, 5.41) is 22.2. The Hall–Kier alpha value is -2.68. The molecule has 0 fully saturated rings. The van der Waals surface area contributed by atoms with Gasteiger partial charge >= 0.3 is 11.9 Å². The van der Waals surface area contributed by atoms with E-state index in [4.69, 9.17) is 9.52 Å². The van der Waals surface area contributed by atoms with Crippen LogP contribution < -0.4 is 5.32 Å². The van der Waals surface area contributed by atoms with E-state index in [0.29, 0.717) is 5.56 Å². The summed E-state index contributed by atoms with van der Waals surface area (Å²) in [5.41, 5.74) is 0.570. The molecular formula is C12H10N2O6S.